The predicted molar refractivity (Wildman–Crippen MR) is 76.4 cm³/mol. The molecule has 1 aliphatic rings. The van der Waals surface area contributed by atoms with E-state index in [2.05, 4.69) is 5.32 Å². The highest BCUT2D eigenvalue weighted by Crippen LogP contribution is 2.40. The first-order valence-electron chi connectivity index (χ1n) is 6.96. The molecule has 0 aromatic heterocycles. The van der Waals surface area contributed by atoms with E-state index in [0.29, 0.717) is 5.56 Å². The van der Waals surface area contributed by atoms with Gasteiger partial charge < -0.3 is 10.4 Å². The summed E-state index contributed by atoms with van der Waals surface area (Å²) in [6, 6.07) is 9.04. The lowest BCUT2D eigenvalue weighted by Crippen LogP contribution is -2.50. The van der Waals surface area contributed by atoms with E-state index in [-0.39, 0.29) is 17.9 Å². The Morgan fingerprint density at radius 1 is 1.30 bits per heavy atom. The fraction of sp³-hybridized carbons (Fsp3) is 0.500. The summed E-state index contributed by atoms with van der Waals surface area (Å²) < 4.78 is 0. The highest BCUT2D eigenvalue weighted by Gasteiger charge is 2.41. The van der Waals surface area contributed by atoms with Gasteiger partial charge in [-0.05, 0) is 25.3 Å². The third-order valence-corrected chi connectivity index (χ3v) is 4.49. The van der Waals surface area contributed by atoms with Crippen LogP contribution in [0.1, 0.15) is 38.7 Å². The summed E-state index contributed by atoms with van der Waals surface area (Å²) in [4.78, 5) is 23.8. The van der Waals surface area contributed by atoms with Crippen molar-refractivity contribution in [1.82, 2.24) is 5.32 Å². The van der Waals surface area contributed by atoms with Crippen LogP contribution in [0.25, 0.3) is 0 Å². The first-order chi connectivity index (χ1) is 9.38. The molecule has 0 bridgehead atoms. The van der Waals surface area contributed by atoms with Crippen LogP contribution in [0.3, 0.4) is 0 Å². The molecule has 1 aromatic carbocycles. The van der Waals surface area contributed by atoms with Gasteiger partial charge in [-0.25, -0.2) is 0 Å². The molecule has 0 radical (unpaired) electrons. The van der Waals surface area contributed by atoms with Crippen LogP contribution in [-0.2, 0) is 15.0 Å². The lowest BCUT2D eigenvalue weighted by molar-refractivity contribution is -0.143. The van der Waals surface area contributed by atoms with Crippen molar-refractivity contribution < 1.29 is 14.7 Å². The van der Waals surface area contributed by atoms with Crippen molar-refractivity contribution in [2.45, 2.75) is 38.5 Å². The molecular weight excluding hydrogens is 254 g/mol. The van der Waals surface area contributed by atoms with Crippen molar-refractivity contribution in [3.8, 4) is 0 Å². The summed E-state index contributed by atoms with van der Waals surface area (Å²) in [7, 11) is 0. The number of carbonyl (C=O) groups excluding carboxylic acids is 1. The zero-order chi connectivity index (χ0) is 14.8. The van der Waals surface area contributed by atoms with E-state index in [1.54, 1.807) is 19.1 Å². The van der Waals surface area contributed by atoms with Crippen LogP contribution in [0.2, 0.25) is 0 Å². The third-order valence-electron chi connectivity index (χ3n) is 4.49. The SMILES string of the molecule is CC1(C(=O)NCC(C)(C(=O)O)c2ccccc2)CCC1. The van der Waals surface area contributed by atoms with E-state index >= 15 is 0 Å². The van der Waals surface area contributed by atoms with Crippen LogP contribution in [0.15, 0.2) is 30.3 Å². The molecule has 4 heteroatoms. The van der Waals surface area contributed by atoms with E-state index < -0.39 is 11.4 Å². The van der Waals surface area contributed by atoms with Crippen molar-refractivity contribution in [2.75, 3.05) is 6.54 Å². The minimum atomic E-state index is -1.10. The zero-order valence-electron chi connectivity index (χ0n) is 12.0. The molecule has 20 heavy (non-hydrogen) atoms. The van der Waals surface area contributed by atoms with E-state index in [9.17, 15) is 14.7 Å². The normalized spacial score (nSPS) is 19.5. The second kappa shape index (κ2) is 5.27. The number of amides is 1. The highest BCUT2D eigenvalue weighted by atomic mass is 16.4. The number of hydrogen-bond donors (Lipinski definition) is 2. The molecule has 2 rings (SSSR count). The monoisotopic (exact) mass is 275 g/mol. The molecular formula is C16H21NO3. The molecule has 1 amide bonds. The van der Waals surface area contributed by atoms with Gasteiger partial charge in [-0.15, -0.1) is 0 Å². The summed E-state index contributed by atoms with van der Waals surface area (Å²) in [6.07, 6.45) is 2.83. The Kier molecular flexibility index (Phi) is 3.84. The maximum Gasteiger partial charge on any atom is 0.315 e. The Hall–Kier alpha value is -1.84. The van der Waals surface area contributed by atoms with Gasteiger partial charge >= 0.3 is 5.97 Å². The summed E-state index contributed by atoms with van der Waals surface area (Å²) >= 11 is 0. The van der Waals surface area contributed by atoms with E-state index in [1.807, 2.05) is 25.1 Å². The Labute approximate surface area is 119 Å². The van der Waals surface area contributed by atoms with E-state index in [4.69, 9.17) is 0 Å². The Balaban J connectivity index is 2.11. The smallest absolute Gasteiger partial charge is 0.315 e. The number of carboxylic acid groups (broad SMARTS) is 1. The predicted octanol–water partition coefficient (Wildman–Crippen LogP) is 2.34. The number of carbonyl (C=O) groups is 2. The van der Waals surface area contributed by atoms with Crippen molar-refractivity contribution in [1.29, 1.82) is 0 Å². The average Bonchev–Trinajstić information content (AvgIpc) is 2.42. The summed E-state index contributed by atoms with van der Waals surface area (Å²) in [5.41, 5.74) is -0.709. The molecule has 0 heterocycles. The Morgan fingerprint density at radius 3 is 2.35 bits per heavy atom. The van der Waals surface area contributed by atoms with Gasteiger partial charge in [0.25, 0.3) is 0 Å². The minimum absolute atomic E-state index is 0.0350. The van der Waals surface area contributed by atoms with Crippen LogP contribution >= 0.6 is 0 Å². The maximum atomic E-state index is 12.1. The van der Waals surface area contributed by atoms with E-state index in [1.165, 1.54) is 0 Å². The van der Waals surface area contributed by atoms with E-state index in [0.717, 1.165) is 19.3 Å². The maximum absolute atomic E-state index is 12.1. The lowest BCUT2D eigenvalue weighted by atomic mass is 9.69. The number of rotatable bonds is 5. The van der Waals surface area contributed by atoms with Crippen LogP contribution < -0.4 is 5.32 Å². The van der Waals surface area contributed by atoms with Crippen LogP contribution in [-0.4, -0.2) is 23.5 Å². The highest BCUT2D eigenvalue weighted by molar-refractivity contribution is 5.86. The van der Waals surface area contributed by atoms with Gasteiger partial charge in [0.1, 0.15) is 5.41 Å². The van der Waals surface area contributed by atoms with Crippen LogP contribution in [0.4, 0.5) is 0 Å². The molecule has 1 aliphatic carbocycles. The minimum Gasteiger partial charge on any atom is -0.481 e. The van der Waals surface area contributed by atoms with Crippen molar-refractivity contribution in [3.63, 3.8) is 0 Å². The number of nitrogens with one attached hydrogen (secondary N) is 1. The first-order valence-corrected chi connectivity index (χ1v) is 6.96. The summed E-state index contributed by atoms with van der Waals surface area (Å²) in [5, 5.41) is 12.3. The molecule has 2 N–H and O–H groups in total. The number of hydrogen-bond acceptors (Lipinski definition) is 2. The second-order valence-electron chi connectivity index (χ2n) is 6.10. The molecule has 1 atom stereocenters. The van der Waals surface area contributed by atoms with Gasteiger partial charge in [-0.1, -0.05) is 43.7 Å². The molecule has 1 saturated carbocycles. The lowest BCUT2D eigenvalue weighted by Gasteiger charge is -2.37. The molecule has 4 nitrogen and oxygen atoms in total. The van der Waals surface area contributed by atoms with Gasteiger partial charge in [-0.2, -0.15) is 0 Å². The molecule has 1 fully saturated rings. The van der Waals surface area contributed by atoms with Gasteiger partial charge in [0.2, 0.25) is 5.91 Å². The zero-order valence-corrected chi connectivity index (χ0v) is 12.0. The molecule has 1 aromatic rings. The van der Waals surface area contributed by atoms with Crippen molar-refractivity contribution in [2.24, 2.45) is 5.41 Å². The fourth-order valence-electron chi connectivity index (χ4n) is 2.51. The van der Waals surface area contributed by atoms with Gasteiger partial charge in [0.15, 0.2) is 0 Å². The average molecular weight is 275 g/mol. The Bertz CT molecular complexity index is 508. The second-order valence-corrected chi connectivity index (χ2v) is 6.10. The van der Waals surface area contributed by atoms with Gasteiger partial charge in [0.05, 0.1) is 0 Å². The van der Waals surface area contributed by atoms with Crippen molar-refractivity contribution >= 4 is 11.9 Å². The topological polar surface area (TPSA) is 66.4 Å². The quantitative estimate of drug-likeness (QED) is 0.866. The number of aliphatic carboxylic acids is 1. The summed E-state index contributed by atoms with van der Waals surface area (Å²) in [6.45, 7) is 3.70. The Morgan fingerprint density at radius 2 is 1.90 bits per heavy atom. The van der Waals surface area contributed by atoms with Gasteiger partial charge in [0, 0.05) is 12.0 Å². The number of carboxylic acids is 1. The molecule has 0 spiro atoms. The standard InChI is InChI=1S/C16H21NO3/c1-15(9-6-10-15)13(18)17-11-16(2,14(19)20)12-7-4-3-5-8-12/h3-5,7-8H,6,9-11H2,1-2H3,(H,17,18)(H,19,20). The fourth-order valence-corrected chi connectivity index (χ4v) is 2.51. The molecule has 1 unspecified atom stereocenters. The first kappa shape index (κ1) is 14.6. The molecule has 0 saturated heterocycles. The molecule has 0 aliphatic heterocycles. The van der Waals surface area contributed by atoms with Crippen LogP contribution in [0, 0.1) is 5.41 Å². The van der Waals surface area contributed by atoms with Gasteiger partial charge in [-0.3, -0.25) is 9.59 Å². The van der Waals surface area contributed by atoms with Crippen LogP contribution in [0.5, 0.6) is 0 Å². The van der Waals surface area contributed by atoms with Crippen molar-refractivity contribution in [3.05, 3.63) is 35.9 Å². The molecule has 108 valence electrons. The largest absolute Gasteiger partial charge is 0.481 e. The third kappa shape index (κ3) is 2.55. The summed E-state index contributed by atoms with van der Waals surface area (Å²) in [5.74, 6) is -0.963. The number of benzene rings is 1.